The van der Waals surface area contributed by atoms with Crippen molar-refractivity contribution in [3.63, 3.8) is 0 Å². The predicted molar refractivity (Wildman–Crippen MR) is 69.2 cm³/mol. The minimum atomic E-state index is 0.283. The Kier molecular flexibility index (Phi) is 3.59. The normalized spacial score (nSPS) is 12.9. The largest absolute Gasteiger partial charge is 0.361 e. The summed E-state index contributed by atoms with van der Waals surface area (Å²) in [6.45, 7) is 9.03. The molecule has 0 saturated heterocycles. The SMILES string of the molecule is CCNC(C)c1csc(-c2c(C)noc2C)n1. The average molecular weight is 251 g/mol. The molecule has 0 spiro atoms. The Morgan fingerprint density at radius 1 is 1.47 bits per heavy atom. The Bertz CT molecular complexity index is 484. The maximum atomic E-state index is 5.17. The van der Waals surface area contributed by atoms with Gasteiger partial charge in [-0.1, -0.05) is 12.1 Å². The molecule has 0 aliphatic carbocycles. The summed E-state index contributed by atoms with van der Waals surface area (Å²) in [4.78, 5) is 4.65. The van der Waals surface area contributed by atoms with Crippen molar-refractivity contribution >= 4 is 11.3 Å². The molecule has 2 rings (SSSR count). The van der Waals surface area contributed by atoms with E-state index in [1.165, 1.54) is 0 Å². The van der Waals surface area contributed by atoms with Crippen LogP contribution < -0.4 is 5.32 Å². The molecule has 2 aromatic heterocycles. The van der Waals surface area contributed by atoms with E-state index < -0.39 is 0 Å². The molecule has 0 aliphatic rings. The average Bonchev–Trinajstić information content (AvgIpc) is 2.86. The van der Waals surface area contributed by atoms with Crippen molar-refractivity contribution in [3.05, 3.63) is 22.5 Å². The first-order valence-corrected chi connectivity index (χ1v) is 6.63. The van der Waals surface area contributed by atoms with Crippen LogP contribution in [0.2, 0.25) is 0 Å². The lowest BCUT2D eigenvalue weighted by atomic mass is 10.2. The summed E-state index contributed by atoms with van der Waals surface area (Å²) >= 11 is 1.64. The number of nitrogens with zero attached hydrogens (tertiary/aromatic N) is 2. The van der Waals surface area contributed by atoms with E-state index in [0.717, 1.165) is 34.3 Å². The van der Waals surface area contributed by atoms with Gasteiger partial charge in [0.1, 0.15) is 10.8 Å². The van der Waals surface area contributed by atoms with Gasteiger partial charge in [0.05, 0.1) is 17.0 Å². The third kappa shape index (κ3) is 2.40. The summed E-state index contributed by atoms with van der Waals surface area (Å²) in [6.07, 6.45) is 0. The van der Waals surface area contributed by atoms with Gasteiger partial charge in [-0.25, -0.2) is 4.98 Å². The van der Waals surface area contributed by atoms with Crippen LogP contribution in [-0.2, 0) is 0 Å². The van der Waals surface area contributed by atoms with E-state index in [2.05, 4.69) is 34.7 Å². The van der Waals surface area contributed by atoms with Crippen LogP contribution in [0.4, 0.5) is 0 Å². The highest BCUT2D eigenvalue weighted by atomic mass is 32.1. The first-order chi connectivity index (χ1) is 8.13. The molecule has 0 aromatic carbocycles. The summed E-state index contributed by atoms with van der Waals surface area (Å²) in [7, 11) is 0. The van der Waals surface area contributed by atoms with Gasteiger partial charge in [0.25, 0.3) is 0 Å². The molecule has 17 heavy (non-hydrogen) atoms. The van der Waals surface area contributed by atoms with Gasteiger partial charge in [-0.2, -0.15) is 0 Å². The Balaban J connectivity index is 2.30. The van der Waals surface area contributed by atoms with Gasteiger partial charge in [0, 0.05) is 11.4 Å². The molecule has 0 fully saturated rings. The maximum absolute atomic E-state index is 5.17. The number of thiazole rings is 1. The molecule has 4 nitrogen and oxygen atoms in total. The van der Waals surface area contributed by atoms with Gasteiger partial charge < -0.3 is 9.84 Å². The van der Waals surface area contributed by atoms with Crippen LogP contribution in [0, 0.1) is 13.8 Å². The zero-order chi connectivity index (χ0) is 12.4. The molecule has 0 aliphatic heterocycles. The van der Waals surface area contributed by atoms with Gasteiger partial charge in [0.2, 0.25) is 0 Å². The number of hydrogen-bond acceptors (Lipinski definition) is 5. The van der Waals surface area contributed by atoms with Crippen LogP contribution in [0.15, 0.2) is 9.90 Å². The van der Waals surface area contributed by atoms with E-state index in [1.54, 1.807) is 11.3 Å². The Morgan fingerprint density at radius 2 is 2.24 bits per heavy atom. The summed E-state index contributed by atoms with van der Waals surface area (Å²) in [6, 6.07) is 0.283. The molecule has 0 amide bonds. The Morgan fingerprint density at radius 3 is 2.82 bits per heavy atom. The molecule has 2 aromatic rings. The summed E-state index contributed by atoms with van der Waals surface area (Å²) < 4.78 is 5.17. The fourth-order valence-corrected chi connectivity index (χ4v) is 2.86. The molecule has 2 heterocycles. The number of hydrogen-bond donors (Lipinski definition) is 1. The smallest absolute Gasteiger partial charge is 0.144 e. The Hall–Kier alpha value is -1.20. The van der Waals surface area contributed by atoms with Gasteiger partial charge in [-0.05, 0) is 27.3 Å². The van der Waals surface area contributed by atoms with Gasteiger partial charge in [-0.3, -0.25) is 0 Å². The number of nitrogens with one attached hydrogen (secondary N) is 1. The zero-order valence-electron chi connectivity index (χ0n) is 10.6. The molecule has 0 radical (unpaired) electrons. The number of aromatic nitrogens is 2. The van der Waals surface area contributed by atoms with Crippen LogP contribution in [0.5, 0.6) is 0 Å². The van der Waals surface area contributed by atoms with Crippen LogP contribution in [-0.4, -0.2) is 16.7 Å². The first kappa shape index (κ1) is 12.3. The number of rotatable bonds is 4. The zero-order valence-corrected chi connectivity index (χ0v) is 11.4. The van der Waals surface area contributed by atoms with Gasteiger partial charge in [0.15, 0.2) is 0 Å². The summed E-state index contributed by atoms with van der Waals surface area (Å²) in [5.74, 6) is 0.833. The Labute approximate surface area is 105 Å². The van der Waals surface area contributed by atoms with Crippen LogP contribution in [0.25, 0.3) is 10.6 Å². The monoisotopic (exact) mass is 251 g/mol. The lowest BCUT2D eigenvalue weighted by Crippen LogP contribution is -2.17. The quantitative estimate of drug-likeness (QED) is 0.907. The molecule has 0 bridgehead atoms. The third-order valence-corrected chi connectivity index (χ3v) is 3.60. The second kappa shape index (κ2) is 4.98. The molecule has 5 heteroatoms. The lowest BCUT2D eigenvalue weighted by Gasteiger charge is -2.08. The number of aryl methyl sites for hydroxylation is 2. The van der Waals surface area contributed by atoms with Gasteiger partial charge in [-0.15, -0.1) is 11.3 Å². The van der Waals surface area contributed by atoms with E-state index in [0.29, 0.717) is 0 Å². The molecule has 1 atom stereocenters. The second-order valence-electron chi connectivity index (χ2n) is 4.06. The molecule has 1 unspecified atom stereocenters. The molecule has 1 N–H and O–H groups in total. The van der Waals surface area contributed by atoms with Crippen molar-refractivity contribution in [2.24, 2.45) is 0 Å². The van der Waals surface area contributed by atoms with Crippen molar-refractivity contribution in [3.8, 4) is 10.6 Å². The fraction of sp³-hybridized carbons (Fsp3) is 0.500. The third-order valence-electron chi connectivity index (χ3n) is 2.72. The minimum Gasteiger partial charge on any atom is -0.361 e. The summed E-state index contributed by atoms with van der Waals surface area (Å²) in [5.41, 5.74) is 3.01. The van der Waals surface area contributed by atoms with Gasteiger partial charge >= 0.3 is 0 Å². The minimum absolute atomic E-state index is 0.283. The topological polar surface area (TPSA) is 51.0 Å². The molecule has 0 saturated carbocycles. The van der Waals surface area contributed by atoms with E-state index in [1.807, 2.05) is 13.8 Å². The predicted octanol–water partition coefficient (Wildman–Crippen LogP) is 3.09. The van der Waals surface area contributed by atoms with Crippen molar-refractivity contribution in [2.75, 3.05) is 6.54 Å². The second-order valence-corrected chi connectivity index (χ2v) is 4.91. The van der Waals surface area contributed by atoms with Crippen molar-refractivity contribution in [1.82, 2.24) is 15.5 Å². The lowest BCUT2D eigenvalue weighted by molar-refractivity contribution is 0.393. The maximum Gasteiger partial charge on any atom is 0.144 e. The van der Waals surface area contributed by atoms with Crippen LogP contribution >= 0.6 is 11.3 Å². The van der Waals surface area contributed by atoms with E-state index in [9.17, 15) is 0 Å². The highest BCUT2D eigenvalue weighted by Crippen LogP contribution is 2.30. The van der Waals surface area contributed by atoms with E-state index in [-0.39, 0.29) is 6.04 Å². The molecule has 92 valence electrons. The summed E-state index contributed by atoms with van der Waals surface area (Å²) in [5, 5.41) is 10.4. The standard InChI is InChI=1S/C12H17N3OS/c1-5-13-7(2)10-6-17-12(14-10)11-8(3)15-16-9(11)4/h6-7,13H,5H2,1-4H3. The molecular weight excluding hydrogens is 234 g/mol. The highest BCUT2D eigenvalue weighted by molar-refractivity contribution is 7.13. The van der Waals surface area contributed by atoms with Crippen molar-refractivity contribution in [2.45, 2.75) is 33.7 Å². The first-order valence-electron chi connectivity index (χ1n) is 5.75. The molecular formula is C12H17N3OS. The van der Waals surface area contributed by atoms with Crippen molar-refractivity contribution < 1.29 is 4.52 Å². The highest BCUT2D eigenvalue weighted by Gasteiger charge is 2.16. The fourth-order valence-electron chi connectivity index (χ4n) is 1.80. The van der Waals surface area contributed by atoms with E-state index >= 15 is 0 Å². The van der Waals surface area contributed by atoms with Crippen molar-refractivity contribution in [1.29, 1.82) is 0 Å². The van der Waals surface area contributed by atoms with E-state index in [4.69, 9.17) is 4.52 Å². The van der Waals surface area contributed by atoms with Crippen LogP contribution in [0.1, 0.15) is 37.0 Å². The van der Waals surface area contributed by atoms with Crippen LogP contribution in [0.3, 0.4) is 0 Å².